The number of aromatic carboxylic acids is 2. The molecule has 28 heavy (non-hydrogen) atoms. The largest absolute Gasteiger partial charge is 0.478 e. The second-order valence-corrected chi connectivity index (χ2v) is 6.14. The first-order chi connectivity index (χ1) is 13.4. The smallest absolute Gasteiger partial charge is 0.335 e. The number of halogens is 1. The Morgan fingerprint density at radius 1 is 0.893 bits per heavy atom. The minimum absolute atomic E-state index is 0.120. The molecule has 0 amide bonds. The van der Waals surface area contributed by atoms with Gasteiger partial charge in [0, 0.05) is 34.7 Å². The van der Waals surface area contributed by atoms with Gasteiger partial charge in [-0.2, -0.15) is 0 Å². The van der Waals surface area contributed by atoms with Crippen LogP contribution in [0.4, 0.5) is 0 Å². The lowest BCUT2D eigenvalue weighted by Crippen LogP contribution is -2.03. The Hall–Kier alpha value is -3.71. The summed E-state index contributed by atoms with van der Waals surface area (Å²) in [6.07, 6.45) is 3.12. The highest BCUT2D eigenvalue weighted by Crippen LogP contribution is 2.22. The first-order valence-corrected chi connectivity index (χ1v) is 8.37. The molecular weight excluding hydrogens is 384 g/mol. The zero-order valence-electron chi connectivity index (χ0n) is 14.2. The number of rotatable bonds is 2. The van der Waals surface area contributed by atoms with Gasteiger partial charge in [0.1, 0.15) is 0 Å². The quantitative estimate of drug-likeness (QED) is 0.473. The Morgan fingerprint density at radius 2 is 1.54 bits per heavy atom. The van der Waals surface area contributed by atoms with Crippen molar-refractivity contribution in [2.75, 3.05) is 0 Å². The predicted molar refractivity (Wildman–Crippen MR) is 105 cm³/mol. The van der Waals surface area contributed by atoms with Crippen LogP contribution in [0, 0.1) is 0 Å². The van der Waals surface area contributed by atoms with Gasteiger partial charge >= 0.3 is 11.9 Å². The molecule has 0 aliphatic rings. The average molecular weight is 397 g/mol. The molecule has 2 heterocycles. The lowest BCUT2D eigenvalue weighted by Gasteiger charge is -2.00. The average Bonchev–Trinajstić information content (AvgIpc) is 2.68. The zero-order chi connectivity index (χ0) is 20.3. The molecule has 4 aromatic rings. The summed E-state index contributed by atoms with van der Waals surface area (Å²) in [7, 11) is 0. The fourth-order valence-corrected chi connectivity index (χ4v) is 2.76. The number of benzene rings is 2. The molecule has 0 saturated carbocycles. The monoisotopic (exact) mass is 396 g/mol. The molecule has 0 spiro atoms. The fourth-order valence-electron chi connectivity index (χ4n) is 2.55. The molecule has 0 aliphatic carbocycles. The summed E-state index contributed by atoms with van der Waals surface area (Å²) < 4.78 is 0. The van der Waals surface area contributed by atoms with Gasteiger partial charge < -0.3 is 15.2 Å². The molecule has 0 unspecified atom stereocenters. The van der Waals surface area contributed by atoms with Crippen molar-refractivity contribution in [3.05, 3.63) is 87.3 Å². The van der Waals surface area contributed by atoms with E-state index in [9.17, 15) is 14.4 Å². The van der Waals surface area contributed by atoms with Crippen LogP contribution in [0.15, 0.2) is 65.7 Å². The highest BCUT2D eigenvalue weighted by Gasteiger charge is 2.06. The summed E-state index contributed by atoms with van der Waals surface area (Å²) in [5.74, 6) is -2.00. The number of fused-ring (bicyclic) bond motifs is 2. The van der Waals surface area contributed by atoms with E-state index in [2.05, 4.69) is 9.97 Å². The molecule has 2 aromatic heterocycles. The van der Waals surface area contributed by atoms with Gasteiger partial charge in [-0.05, 0) is 42.5 Å². The van der Waals surface area contributed by atoms with Gasteiger partial charge in [-0.25, -0.2) is 9.59 Å². The van der Waals surface area contributed by atoms with E-state index in [4.69, 9.17) is 21.8 Å². The maximum atomic E-state index is 11.3. The molecule has 0 atom stereocenters. The van der Waals surface area contributed by atoms with Crippen molar-refractivity contribution in [2.45, 2.75) is 0 Å². The second-order valence-electron chi connectivity index (χ2n) is 5.74. The van der Waals surface area contributed by atoms with Gasteiger partial charge in [-0.1, -0.05) is 11.6 Å². The minimum Gasteiger partial charge on any atom is -0.478 e. The molecule has 7 nitrogen and oxygen atoms in total. The SMILES string of the molecule is O=C(O)c1ccc2[nH]ccc(=O)c2c1.O=C(O)c1ccc2nccc(Cl)c2c1. The maximum Gasteiger partial charge on any atom is 0.335 e. The Bertz CT molecular complexity index is 1270. The summed E-state index contributed by atoms with van der Waals surface area (Å²) in [5, 5.41) is 19.1. The topological polar surface area (TPSA) is 120 Å². The molecule has 3 N–H and O–H groups in total. The molecule has 4 rings (SSSR count). The molecular formula is C20H13ClN2O5. The van der Waals surface area contributed by atoms with Crippen molar-refractivity contribution < 1.29 is 19.8 Å². The third-order valence-electron chi connectivity index (χ3n) is 3.94. The fraction of sp³-hybridized carbons (Fsp3) is 0. The van der Waals surface area contributed by atoms with Gasteiger partial charge in [0.05, 0.1) is 21.7 Å². The number of pyridine rings is 2. The van der Waals surface area contributed by atoms with E-state index in [-0.39, 0.29) is 16.6 Å². The van der Waals surface area contributed by atoms with Gasteiger partial charge in [-0.3, -0.25) is 9.78 Å². The van der Waals surface area contributed by atoms with E-state index >= 15 is 0 Å². The van der Waals surface area contributed by atoms with E-state index in [1.165, 1.54) is 36.5 Å². The van der Waals surface area contributed by atoms with Crippen LogP contribution in [0.2, 0.25) is 5.02 Å². The van der Waals surface area contributed by atoms with Crippen LogP contribution in [0.25, 0.3) is 21.8 Å². The Morgan fingerprint density at radius 3 is 2.21 bits per heavy atom. The van der Waals surface area contributed by atoms with Crippen molar-refractivity contribution in [1.29, 1.82) is 0 Å². The molecule has 0 fully saturated rings. The Kier molecular flexibility index (Phi) is 5.37. The molecule has 0 aliphatic heterocycles. The number of hydrogen-bond donors (Lipinski definition) is 3. The highest BCUT2D eigenvalue weighted by atomic mass is 35.5. The maximum absolute atomic E-state index is 11.3. The molecule has 140 valence electrons. The first kappa shape index (κ1) is 19.1. The molecule has 8 heteroatoms. The number of nitrogens with one attached hydrogen (secondary N) is 1. The minimum atomic E-state index is -1.03. The number of carbonyl (C=O) groups is 2. The number of carboxylic acids is 2. The summed E-state index contributed by atoms with van der Waals surface area (Å²) in [6.45, 7) is 0. The third kappa shape index (κ3) is 3.99. The third-order valence-corrected chi connectivity index (χ3v) is 4.27. The van der Waals surface area contributed by atoms with Crippen molar-refractivity contribution in [2.24, 2.45) is 0 Å². The molecule has 0 saturated heterocycles. The van der Waals surface area contributed by atoms with Gasteiger partial charge in [0.25, 0.3) is 0 Å². The van der Waals surface area contributed by atoms with E-state index < -0.39 is 11.9 Å². The van der Waals surface area contributed by atoms with E-state index in [1.54, 1.807) is 24.4 Å². The van der Waals surface area contributed by atoms with Crippen molar-refractivity contribution >= 4 is 45.3 Å². The van der Waals surface area contributed by atoms with Crippen molar-refractivity contribution in [1.82, 2.24) is 9.97 Å². The van der Waals surface area contributed by atoms with E-state index in [0.717, 1.165) is 0 Å². The standard InChI is InChI=1S/C10H6ClNO2.C10H7NO3/c11-8-3-4-12-9-2-1-6(10(13)14)5-7(8)9;12-9-3-4-11-8-2-1-6(10(13)14)5-7(8)9/h1-5H,(H,13,14);1-5H,(H,11,12)(H,13,14). The van der Waals surface area contributed by atoms with Crippen LogP contribution in [0.1, 0.15) is 20.7 Å². The van der Waals surface area contributed by atoms with Gasteiger partial charge in [0.2, 0.25) is 0 Å². The predicted octanol–water partition coefficient (Wildman–Crippen LogP) is 3.81. The number of nitrogens with zero attached hydrogens (tertiary/aromatic N) is 1. The van der Waals surface area contributed by atoms with Crippen LogP contribution >= 0.6 is 11.6 Å². The Balaban J connectivity index is 0.000000161. The molecule has 0 bridgehead atoms. The highest BCUT2D eigenvalue weighted by molar-refractivity contribution is 6.35. The number of H-pyrrole nitrogens is 1. The normalized spacial score (nSPS) is 10.3. The summed E-state index contributed by atoms with van der Waals surface area (Å²) in [6, 6.07) is 12.1. The van der Waals surface area contributed by atoms with Crippen LogP contribution in [0.3, 0.4) is 0 Å². The second kappa shape index (κ2) is 7.89. The van der Waals surface area contributed by atoms with E-state index in [1.807, 2.05) is 0 Å². The van der Waals surface area contributed by atoms with Crippen molar-refractivity contribution in [3.63, 3.8) is 0 Å². The van der Waals surface area contributed by atoms with Gasteiger partial charge in [-0.15, -0.1) is 0 Å². The summed E-state index contributed by atoms with van der Waals surface area (Å²) >= 11 is 5.90. The van der Waals surface area contributed by atoms with E-state index in [0.29, 0.717) is 26.8 Å². The Labute approximate surface area is 162 Å². The number of aromatic amines is 1. The van der Waals surface area contributed by atoms with Gasteiger partial charge in [0.15, 0.2) is 5.43 Å². The van der Waals surface area contributed by atoms with Crippen LogP contribution in [0.5, 0.6) is 0 Å². The summed E-state index contributed by atoms with van der Waals surface area (Å²) in [4.78, 5) is 39.6. The zero-order valence-corrected chi connectivity index (χ0v) is 15.0. The summed E-state index contributed by atoms with van der Waals surface area (Å²) in [5.41, 5.74) is 1.49. The first-order valence-electron chi connectivity index (χ1n) is 7.99. The lowest BCUT2D eigenvalue weighted by atomic mass is 10.1. The molecule has 0 radical (unpaired) electrons. The number of carboxylic acid groups (broad SMARTS) is 2. The number of hydrogen-bond acceptors (Lipinski definition) is 4. The van der Waals surface area contributed by atoms with Crippen LogP contribution in [-0.2, 0) is 0 Å². The molecule has 2 aromatic carbocycles. The van der Waals surface area contributed by atoms with Crippen LogP contribution < -0.4 is 5.43 Å². The van der Waals surface area contributed by atoms with Crippen molar-refractivity contribution in [3.8, 4) is 0 Å². The lowest BCUT2D eigenvalue weighted by molar-refractivity contribution is 0.0686. The van der Waals surface area contributed by atoms with Crippen LogP contribution in [-0.4, -0.2) is 32.1 Å². The number of aromatic nitrogens is 2.